The molecule has 3 aromatic carbocycles. The topological polar surface area (TPSA) is 78.8 Å². The van der Waals surface area contributed by atoms with Crippen LogP contribution in [0.15, 0.2) is 71.8 Å². The van der Waals surface area contributed by atoms with Gasteiger partial charge in [0.2, 0.25) is 0 Å². The summed E-state index contributed by atoms with van der Waals surface area (Å²) in [5.41, 5.74) is 6.26. The van der Waals surface area contributed by atoms with Gasteiger partial charge in [0.25, 0.3) is 5.95 Å². The summed E-state index contributed by atoms with van der Waals surface area (Å²) in [5, 5.41) is 16.0. The Morgan fingerprint density at radius 1 is 0.885 bits per heavy atom. The van der Waals surface area contributed by atoms with Crippen molar-refractivity contribution in [2.24, 2.45) is 5.10 Å². The van der Waals surface area contributed by atoms with Crippen LogP contribution in [0.25, 0.3) is 32.8 Å². The van der Waals surface area contributed by atoms with E-state index < -0.39 is 0 Å². The highest BCUT2D eigenvalue weighted by molar-refractivity contribution is 6.03. The number of aromatic amines is 1. The Kier molecular flexibility index (Phi) is 3.31. The van der Waals surface area contributed by atoms with Gasteiger partial charge in [-0.15, -0.1) is 10.2 Å². The Labute approximate surface area is 148 Å². The van der Waals surface area contributed by atoms with Gasteiger partial charge in [0.15, 0.2) is 5.65 Å². The lowest BCUT2D eigenvalue weighted by Gasteiger charge is -1.99. The normalized spacial score (nSPS) is 11.7. The van der Waals surface area contributed by atoms with E-state index in [0.29, 0.717) is 11.6 Å². The van der Waals surface area contributed by atoms with Crippen LogP contribution in [0, 0.1) is 0 Å². The number of para-hydroxylation sites is 1. The van der Waals surface area contributed by atoms with E-state index >= 15 is 0 Å². The van der Waals surface area contributed by atoms with Crippen LogP contribution >= 0.6 is 0 Å². The summed E-state index contributed by atoms with van der Waals surface area (Å²) in [6.07, 6.45) is 1.74. The number of nitrogens with zero attached hydrogens (tertiary/aromatic N) is 4. The number of fused-ring (bicyclic) bond motifs is 4. The molecule has 5 aromatic rings. The third-order valence-corrected chi connectivity index (χ3v) is 4.27. The van der Waals surface area contributed by atoms with E-state index in [1.165, 1.54) is 10.8 Å². The number of hydrazone groups is 1. The standard InChI is InChI=1S/C20H14N6/c1-2-6-15-11-13(9-10-14(15)5-1)12-21-25-20-23-19-18(24-26-20)16-7-3-4-8-17(16)22-19/h1-12H,(H2,22,23,25,26)/b21-12+. The highest BCUT2D eigenvalue weighted by Crippen LogP contribution is 2.21. The molecule has 0 atom stereocenters. The van der Waals surface area contributed by atoms with E-state index in [1.807, 2.05) is 42.5 Å². The zero-order valence-electron chi connectivity index (χ0n) is 13.7. The Morgan fingerprint density at radius 2 is 1.73 bits per heavy atom. The van der Waals surface area contributed by atoms with Gasteiger partial charge in [0, 0.05) is 10.9 Å². The number of hydrogen-bond donors (Lipinski definition) is 2. The van der Waals surface area contributed by atoms with Gasteiger partial charge in [-0.1, -0.05) is 54.6 Å². The lowest BCUT2D eigenvalue weighted by molar-refractivity contribution is 1.01. The molecule has 0 saturated heterocycles. The molecule has 2 heterocycles. The molecule has 0 radical (unpaired) electrons. The van der Waals surface area contributed by atoms with Gasteiger partial charge in [-0.05, 0) is 28.5 Å². The fraction of sp³-hybridized carbons (Fsp3) is 0. The maximum absolute atomic E-state index is 4.44. The van der Waals surface area contributed by atoms with Crippen molar-refractivity contribution in [2.45, 2.75) is 0 Å². The quantitative estimate of drug-likeness (QED) is 0.383. The molecule has 0 aliphatic carbocycles. The molecule has 0 amide bonds. The number of benzene rings is 3. The first-order valence-electron chi connectivity index (χ1n) is 8.26. The van der Waals surface area contributed by atoms with Gasteiger partial charge in [-0.3, -0.25) is 0 Å². The third kappa shape index (κ3) is 2.53. The van der Waals surface area contributed by atoms with Crippen LogP contribution in [0.3, 0.4) is 0 Å². The van der Waals surface area contributed by atoms with Crippen LogP contribution in [0.2, 0.25) is 0 Å². The molecule has 2 aromatic heterocycles. The van der Waals surface area contributed by atoms with Crippen LogP contribution in [0.4, 0.5) is 5.95 Å². The Hall–Kier alpha value is -3.80. The third-order valence-electron chi connectivity index (χ3n) is 4.27. The Balaban J connectivity index is 1.41. The molecule has 2 N–H and O–H groups in total. The second-order valence-corrected chi connectivity index (χ2v) is 5.98. The maximum Gasteiger partial charge on any atom is 0.265 e. The highest BCUT2D eigenvalue weighted by Gasteiger charge is 2.07. The smallest absolute Gasteiger partial charge is 0.265 e. The summed E-state index contributed by atoms with van der Waals surface area (Å²) >= 11 is 0. The summed E-state index contributed by atoms with van der Waals surface area (Å²) in [5.74, 6) is 0.348. The summed E-state index contributed by atoms with van der Waals surface area (Å²) in [6.45, 7) is 0. The fourth-order valence-corrected chi connectivity index (χ4v) is 3.02. The van der Waals surface area contributed by atoms with E-state index in [9.17, 15) is 0 Å². The summed E-state index contributed by atoms with van der Waals surface area (Å²) < 4.78 is 0. The van der Waals surface area contributed by atoms with E-state index in [4.69, 9.17) is 0 Å². The first-order chi connectivity index (χ1) is 12.9. The monoisotopic (exact) mass is 338 g/mol. The minimum Gasteiger partial charge on any atom is -0.338 e. The first-order valence-corrected chi connectivity index (χ1v) is 8.26. The fourth-order valence-electron chi connectivity index (χ4n) is 3.02. The number of hydrogen-bond acceptors (Lipinski definition) is 5. The maximum atomic E-state index is 4.44. The summed E-state index contributed by atoms with van der Waals surface area (Å²) in [4.78, 5) is 7.68. The highest BCUT2D eigenvalue weighted by atomic mass is 15.4. The predicted octanol–water partition coefficient (Wildman–Crippen LogP) is 4.11. The van der Waals surface area contributed by atoms with Crippen LogP contribution in [0.5, 0.6) is 0 Å². The molecule has 5 rings (SSSR count). The minimum atomic E-state index is 0.348. The molecule has 0 bridgehead atoms. The molecule has 0 unspecified atom stereocenters. The molecule has 0 aliphatic rings. The van der Waals surface area contributed by atoms with Crippen molar-refractivity contribution in [2.75, 3.05) is 5.43 Å². The predicted molar refractivity (Wildman–Crippen MR) is 104 cm³/mol. The molecule has 0 saturated carbocycles. The van der Waals surface area contributed by atoms with Crippen LogP contribution in [-0.4, -0.2) is 26.4 Å². The second kappa shape index (κ2) is 5.93. The van der Waals surface area contributed by atoms with Crippen molar-refractivity contribution < 1.29 is 0 Å². The molecule has 6 heteroatoms. The summed E-state index contributed by atoms with van der Waals surface area (Å²) in [7, 11) is 0. The van der Waals surface area contributed by atoms with Crippen molar-refractivity contribution in [1.82, 2.24) is 20.2 Å². The molecule has 124 valence electrons. The lowest BCUT2D eigenvalue weighted by Crippen LogP contribution is -1.99. The molecule has 26 heavy (non-hydrogen) atoms. The van der Waals surface area contributed by atoms with E-state index in [0.717, 1.165) is 22.0 Å². The van der Waals surface area contributed by atoms with Crippen molar-refractivity contribution >= 4 is 45.0 Å². The Morgan fingerprint density at radius 3 is 2.69 bits per heavy atom. The van der Waals surface area contributed by atoms with Gasteiger partial charge in [0.1, 0.15) is 5.52 Å². The lowest BCUT2D eigenvalue weighted by atomic mass is 10.1. The zero-order chi connectivity index (χ0) is 17.3. The number of nitrogens with one attached hydrogen (secondary N) is 2. The van der Waals surface area contributed by atoms with Crippen molar-refractivity contribution in [3.63, 3.8) is 0 Å². The Bertz CT molecular complexity index is 1270. The molecule has 0 fully saturated rings. The van der Waals surface area contributed by atoms with Gasteiger partial charge >= 0.3 is 0 Å². The molecule has 0 aliphatic heterocycles. The molecule has 6 nitrogen and oxygen atoms in total. The molecule has 0 spiro atoms. The van der Waals surface area contributed by atoms with Crippen molar-refractivity contribution in [3.05, 3.63) is 72.3 Å². The summed E-state index contributed by atoms with van der Waals surface area (Å²) in [6, 6.07) is 22.3. The largest absolute Gasteiger partial charge is 0.338 e. The second-order valence-electron chi connectivity index (χ2n) is 5.98. The van der Waals surface area contributed by atoms with Gasteiger partial charge in [-0.2, -0.15) is 10.1 Å². The average molecular weight is 338 g/mol. The van der Waals surface area contributed by atoms with E-state index in [2.05, 4.69) is 55.0 Å². The average Bonchev–Trinajstić information content (AvgIpc) is 3.06. The number of H-pyrrole nitrogens is 1. The van der Waals surface area contributed by atoms with Crippen molar-refractivity contribution in [1.29, 1.82) is 0 Å². The van der Waals surface area contributed by atoms with E-state index in [-0.39, 0.29) is 0 Å². The molecular weight excluding hydrogens is 324 g/mol. The van der Waals surface area contributed by atoms with Gasteiger partial charge < -0.3 is 4.98 Å². The number of aromatic nitrogens is 4. The number of rotatable bonds is 3. The minimum absolute atomic E-state index is 0.348. The van der Waals surface area contributed by atoms with Gasteiger partial charge in [-0.25, -0.2) is 5.43 Å². The van der Waals surface area contributed by atoms with Crippen LogP contribution in [-0.2, 0) is 0 Å². The van der Waals surface area contributed by atoms with Crippen LogP contribution < -0.4 is 5.43 Å². The van der Waals surface area contributed by atoms with Crippen molar-refractivity contribution in [3.8, 4) is 0 Å². The van der Waals surface area contributed by atoms with Crippen LogP contribution in [0.1, 0.15) is 5.56 Å². The molecular formula is C20H14N6. The van der Waals surface area contributed by atoms with Gasteiger partial charge in [0.05, 0.1) is 6.21 Å². The first kappa shape index (κ1) is 14.5. The number of anilines is 1. The zero-order valence-corrected chi connectivity index (χ0v) is 13.7. The van der Waals surface area contributed by atoms with E-state index in [1.54, 1.807) is 6.21 Å². The SMILES string of the molecule is C(=N\Nc1nnc2c(n1)[nH]c1ccccc12)/c1ccc2ccccc2c1.